The lowest BCUT2D eigenvalue weighted by Gasteiger charge is -2.17. The van der Waals surface area contributed by atoms with Gasteiger partial charge in [-0.1, -0.05) is 141 Å². The van der Waals surface area contributed by atoms with Crippen LogP contribution in [-0.4, -0.2) is 23.1 Å². The minimum absolute atomic E-state index is 0.00528. The first kappa shape index (κ1) is 39.4. The molecule has 1 atom stereocenters. The molecule has 0 aliphatic carbocycles. The number of carbonyl (C=O) groups excluding carboxylic acids is 1. The van der Waals surface area contributed by atoms with Gasteiger partial charge in [-0.3, -0.25) is 9.59 Å². The van der Waals surface area contributed by atoms with Crippen LogP contribution in [0.1, 0.15) is 194 Å². The highest BCUT2D eigenvalue weighted by molar-refractivity contribution is 5.69. The van der Waals surface area contributed by atoms with E-state index in [9.17, 15) is 9.59 Å². The second kappa shape index (κ2) is 32.9. The van der Waals surface area contributed by atoms with Gasteiger partial charge >= 0.3 is 11.9 Å². The van der Waals surface area contributed by atoms with Crippen molar-refractivity contribution >= 4 is 11.9 Å². The van der Waals surface area contributed by atoms with Crippen LogP contribution in [-0.2, 0) is 14.3 Å². The number of hydrogen-bond donors (Lipinski definition) is 1. The number of esters is 1. The fourth-order valence-corrected chi connectivity index (χ4v) is 5.26. The zero-order valence-electron chi connectivity index (χ0n) is 27.4. The lowest BCUT2D eigenvalue weighted by molar-refractivity contribution is -0.150. The van der Waals surface area contributed by atoms with E-state index >= 15 is 0 Å². The van der Waals surface area contributed by atoms with Gasteiger partial charge in [0.15, 0.2) is 0 Å². The van der Waals surface area contributed by atoms with Crippen molar-refractivity contribution in [1.29, 1.82) is 0 Å². The predicted molar refractivity (Wildman–Crippen MR) is 176 cm³/mol. The van der Waals surface area contributed by atoms with E-state index in [1.54, 1.807) is 0 Å². The minimum Gasteiger partial charge on any atom is -0.481 e. The molecule has 0 aliphatic heterocycles. The van der Waals surface area contributed by atoms with Crippen LogP contribution in [0.25, 0.3) is 0 Å². The zero-order chi connectivity index (χ0) is 30.1. The van der Waals surface area contributed by atoms with Crippen LogP contribution in [0.2, 0.25) is 0 Å². The van der Waals surface area contributed by atoms with Crippen molar-refractivity contribution in [3.05, 3.63) is 24.3 Å². The van der Waals surface area contributed by atoms with Gasteiger partial charge in [0.2, 0.25) is 0 Å². The second-order valence-corrected chi connectivity index (χ2v) is 12.1. The van der Waals surface area contributed by atoms with Crippen molar-refractivity contribution < 1.29 is 19.4 Å². The maximum absolute atomic E-state index is 12.3. The molecule has 0 aromatic carbocycles. The van der Waals surface area contributed by atoms with Gasteiger partial charge in [0.25, 0.3) is 0 Å². The second-order valence-electron chi connectivity index (χ2n) is 12.1. The Hall–Kier alpha value is -1.58. The molecular weight excluding hydrogens is 508 g/mol. The number of carboxylic acid groups (broad SMARTS) is 1. The van der Waals surface area contributed by atoms with Gasteiger partial charge in [0, 0.05) is 12.8 Å². The SMILES string of the molecule is CCCCCCC/C=C\C/C=C\CCCCCCCCCCCCCC(=O)OC(CCCC)CCCCCC(=O)O. The zero-order valence-corrected chi connectivity index (χ0v) is 27.4. The summed E-state index contributed by atoms with van der Waals surface area (Å²) in [6.07, 6.45) is 41.1. The number of aliphatic carboxylic acids is 1. The summed E-state index contributed by atoms with van der Waals surface area (Å²) in [6, 6.07) is 0. The molecule has 4 heteroatoms. The molecule has 0 amide bonds. The van der Waals surface area contributed by atoms with E-state index in [2.05, 4.69) is 38.2 Å². The number of hydrogen-bond acceptors (Lipinski definition) is 3. The summed E-state index contributed by atoms with van der Waals surface area (Å²) in [5, 5.41) is 8.75. The van der Waals surface area contributed by atoms with Crippen LogP contribution < -0.4 is 0 Å². The van der Waals surface area contributed by atoms with Crippen molar-refractivity contribution in [1.82, 2.24) is 0 Å². The quantitative estimate of drug-likeness (QED) is 0.0491. The Kier molecular flexibility index (Phi) is 31.7. The molecule has 0 spiro atoms. The van der Waals surface area contributed by atoms with E-state index in [1.165, 1.54) is 103 Å². The van der Waals surface area contributed by atoms with Crippen LogP contribution in [0.15, 0.2) is 24.3 Å². The molecule has 4 nitrogen and oxygen atoms in total. The number of carbonyl (C=O) groups is 2. The molecule has 0 fully saturated rings. The van der Waals surface area contributed by atoms with Gasteiger partial charge in [0.05, 0.1) is 0 Å². The molecule has 0 rings (SSSR count). The van der Waals surface area contributed by atoms with E-state index in [0.29, 0.717) is 12.8 Å². The van der Waals surface area contributed by atoms with E-state index in [-0.39, 0.29) is 18.5 Å². The van der Waals surface area contributed by atoms with Gasteiger partial charge in [-0.05, 0) is 64.2 Å². The Morgan fingerprint density at radius 2 is 0.976 bits per heavy atom. The third kappa shape index (κ3) is 32.8. The topological polar surface area (TPSA) is 63.6 Å². The lowest BCUT2D eigenvalue weighted by atomic mass is 10.0. The molecule has 1 unspecified atom stereocenters. The standard InChI is InChI=1S/C37H68O4/c1-3-5-7-8-9-10-11-12-13-14-15-16-17-18-19-20-21-22-23-24-25-26-30-34-37(40)41-35(31-6-4-2)32-28-27-29-33-36(38)39/h11-12,14-15,35H,3-10,13,16-34H2,1-2H3,(H,38,39)/b12-11-,15-14-. The number of allylic oxidation sites excluding steroid dienone is 4. The van der Waals surface area contributed by atoms with Crippen LogP contribution in [0, 0.1) is 0 Å². The molecule has 0 aromatic rings. The maximum Gasteiger partial charge on any atom is 0.306 e. The number of rotatable bonds is 32. The third-order valence-corrected chi connectivity index (χ3v) is 7.93. The first-order chi connectivity index (χ1) is 20.1. The fourth-order valence-electron chi connectivity index (χ4n) is 5.26. The average molecular weight is 577 g/mol. The van der Waals surface area contributed by atoms with Gasteiger partial charge in [-0.15, -0.1) is 0 Å². The first-order valence-electron chi connectivity index (χ1n) is 17.8. The predicted octanol–water partition coefficient (Wildman–Crippen LogP) is 12.1. The van der Waals surface area contributed by atoms with Crippen LogP contribution in [0.3, 0.4) is 0 Å². The Labute approximate surface area is 255 Å². The van der Waals surface area contributed by atoms with Crippen molar-refractivity contribution in [2.24, 2.45) is 0 Å². The van der Waals surface area contributed by atoms with Gasteiger partial charge in [0.1, 0.15) is 6.10 Å². The van der Waals surface area contributed by atoms with Crippen molar-refractivity contribution in [3.63, 3.8) is 0 Å². The summed E-state index contributed by atoms with van der Waals surface area (Å²) >= 11 is 0. The lowest BCUT2D eigenvalue weighted by Crippen LogP contribution is -2.18. The summed E-state index contributed by atoms with van der Waals surface area (Å²) in [4.78, 5) is 22.9. The number of ether oxygens (including phenoxy) is 1. The van der Waals surface area contributed by atoms with E-state index in [0.717, 1.165) is 57.8 Å². The molecule has 41 heavy (non-hydrogen) atoms. The normalized spacial score (nSPS) is 12.4. The van der Waals surface area contributed by atoms with Crippen LogP contribution in [0.5, 0.6) is 0 Å². The van der Waals surface area contributed by atoms with Crippen molar-refractivity contribution in [2.75, 3.05) is 0 Å². The van der Waals surface area contributed by atoms with E-state index < -0.39 is 5.97 Å². The molecule has 0 aliphatic rings. The largest absolute Gasteiger partial charge is 0.481 e. The third-order valence-electron chi connectivity index (χ3n) is 7.93. The highest BCUT2D eigenvalue weighted by atomic mass is 16.5. The average Bonchev–Trinajstić information content (AvgIpc) is 2.95. The molecule has 0 saturated heterocycles. The molecule has 240 valence electrons. The molecule has 0 radical (unpaired) electrons. The number of unbranched alkanes of at least 4 members (excludes halogenated alkanes) is 19. The van der Waals surface area contributed by atoms with Crippen molar-refractivity contribution in [3.8, 4) is 0 Å². The van der Waals surface area contributed by atoms with E-state index in [1.807, 2.05) is 0 Å². The van der Waals surface area contributed by atoms with Gasteiger partial charge in [-0.2, -0.15) is 0 Å². The maximum atomic E-state index is 12.3. The van der Waals surface area contributed by atoms with Crippen molar-refractivity contribution in [2.45, 2.75) is 200 Å². The first-order valence-corrected chi connectivity index (χ1v) is 17.8. The Morgan fingerprint density at radius 3 is 1.51 bits per heavy atom. The molecular formula is C37H68O4. The Balaban J connectivity index is 3.51. The van der Waals surface area contributed by atoms with Gasteiger partial charge < -0.3 is 9.84 Å². The number of carboxylic acids is 1. The molecule has 0 saturated carbocycles. The summed E-state index contributed by atoms with van der Waals surface area (Å²) in [7, 11) is 0. The Bertz CT molecular complexity index is 624. The Morgan fingerprint density at radius 1 is 0.537 bits per heavy atom. The molecule has 0 aromatic heterocycles. The van der Waals surface area contributed by atoms with Crippen LogP contribution >= 0.6 is 0 Å². The summed E-state index contributed by atoms with van der Waals surface area (Å²) < 4.78 is 5.77. The smallest absolute Gasteiger partial charge is 0.306 e. The highest BCUT2D eigenvalue weighted by Crippen LogP contribution is 2.17. The summed E-state index contributed by atoms with van der Waals surface area (Å²) in [5.41, 5.74) is 0. The van der Waals surface area contributed by atoms with Gasteiger partial charge in [-0.25, -0.2) is 0 Å². The van der Waals surface area contributed by atoms with E-state index in [4.69, 9.17) is 9.84 Å². The molecule has 0 heterocycles. The highest BCUT2D eigenvalue weighted by Gasteiger charge is 2.14. The molecule has 1 N–H and O–H groups in total. The molecule has 0 bridgehead atoms. The monoisotopic (exact) mass is 577 g/mol. The fraction of sp³-hybridized carbons (Fsp3) is 0.838. The summed E-state index contributed by atoms with van der Waals surface area (Å²) in [6.45, 7) is 4.43. The minimum atomic E-state index is -0.731. The van der Waals surface area contributed by atoms with Crippen LogP contribution in [0.4, 0.5) is 0 Å². The summed E-state index contributed by atoms with van der Waals surface area (Å²) in [5.74, 6) is -0.779.